The first-order valence-corrected chi connectivity index (χ1v) is 14.7. The van der Waals surface area contributed by atoms with Gasteiger partial charge in [-0.1, -0.05) is 42.5 Å². The molecule has 0 bridgehead atoms. The van der Waals surface area contributed by atoms with Crippen LogP contribution in [0.5, 0.6) is 0 Å². The van der Waals surface area contributed by atoms with Crippen LogP contribution in [0.25, 0.3) is 0 Å². The lowest BCUT2D eigenvalue weighted by molar-refractivity contribution is 0.0473. The van der Waals surface area contributed by atoms with E-state index in [1.165, 1.54) is 16.2 Å². The van der Waals surface area contributed by atoms with Crippen LogP contribution in [0.1, 0.15) is 60.1 Å². The largest absolute Gasteiger partial charge is 0.465 e. The van der Waals surface area contributed by atoms with E-state index in [4.69, 9.17) is 4.74 Å². The number of carboxylic acid groups (broad SMARTS) is 1. The molecule has 0 saturated heterocycles. The summed E-state index contributed by atoms with van der Waals surface area (Å²) in [6, 6.07) is 16.7. The van der Waals surface area contributed by atoms with Crippen LogP contribution < -0.4 is 5.32 Å². The van der Waals surface area contributed by atoms with Gasteiger partial charge < -0.3 is 25.0 Å². The molecule has 39 heavy (non-hydrogen) atoms. The summed E-state index contributed by atoms with van der Waals surface area (Å²) in [4.78, 5) is 42.7. The van der Waals surface area contributed by atoms with Gasteiger partial charge in [0.25, 0.3) is 5.91 Å². The molecule has 0 spiro atoms. The molecule has 2 aromatic heterocycles. The minimum atomic E-state index is -0.967. The summed E-state index contributed by atoms with van der Waals surface area (Å²) >= 11 is 2.97. The first kappa shape index (κ1) is 30.2. The van der Waals surface area contributed by atoms with Gasteiger partial charge >= 0.3 is 12.2 Å². The molecule has 1 aromatic carbocycles. The van der Waals surface area contributed by atoms with E-state index in [1.54, 1.807) is 43.1 Å². The number of unbranched alkanes of at least 4 members (excludes halogenated alkanes) is 1. The second-order valence-corrected chi connectivity index (χ2v) is 12.3. The third-order valence-corrected chi connectivity index (χ3v) is 7.54. The van der Waals surface area contributed by atoms with Crippen molar-refractivity contribution in [3.63, 3.8) is 0 Å². The summed E-state index contributed by atoms with van der Waals surface area (Å²) in [6.45, 7) is 6.84. The van der Waals surface area contributed by atoms with Gasteiger partial charge in [-0.3, -0.25) is 4.79 Å². The van der Waals surface area contributed by atoms with Crippen LogP contribution in [0.4, 0.5) is 9.59 Å². The number of nitrogens with one attached hydrogen (secondary N) is 1. The number of carbonyl (C=O) groups is 3. The van der Waals surface area contributed by atoms with Crippen molar-refractivity contribution in [3.05, 3.63) is 80.7 Å². The molecule has 0 aliphatic carbocycles. The van der Waals surface area contributed by atoms with Crippen LogP contribution in [0.2, 0.25) is 0 Å². The smallest absolute Gasteiger partial charge is 0.407 e. The molecule has 2 heterocycles. The Morgan fingerprint density at radius 2 is 1.64 bits per heavy atom. The van der Waals surface area contributed by atoms with Gasteiger partial charge in [-0.2, -0.15) is 0 Å². The van der Waals surface area contributed by atoms with E-state index in [0.29, 0.717) is 50.3 Å². The molecule has 0 unspecified atom stereocenters. The van der Waals surface area contributed by atoms with Crippen molar-refractivity contribution in [2.24, 2.45) is 0 Å². The molecular formula is C29H37N3O5S2. The Kier molecular flexibility index (Phi) is 11.4. The van der Waals surface area contributed by atoms with Crippen molar-refractivity contribution in [1.29, 1.82) is 0 Å². The number of carbonyl (C=O) groups excluding carboxylic acids is 2. The fraction of sp³-hybridized carbons (Fsp3) is 0.414. The molecule has 10 heteroatoms. The average Bonchev–Trinajstić information content (AvgIpc) is 3.59. The summed E-state index contributed by atoms with van der Waals surface area (Å²) in [6.07, 6.45) is 0.347. The van der Waals surface area contributed by atoms with Gasteiger partial charge in [0.1, 0.15) is 5.60 Å². The van der Waals surface area contributed by atoms with E-state index in [1.807, 2.05) is 59.3 Å². The van der Waals surface area contributed by atoms with Crippen molar-refractivity contribution in [2.45, 2.75) is 64.8 Å². The van der Waals surface area contributed by atoms with Gasteiger partial charge in [-0.25, -0.2) is 9.59 Å². The van der Waals surface area contributed by atoms with E-state index in [2.05, 4.69) is 5.32 Å². The van der Waals surface area contributed by atoms with Gasteiger partial charge in [0.15, 0.2) is 0 Å². The lowest BCUT2D eigenvalue weighted by Gasteiger charge is -2.29. The summed E-state index contributed by atoms with van der Waals surface area (Å²) in [5, 5.41) is 16.5. The quantitative estimate of drug-likeness (QED) is 0.223. The van der Waals surface area contributed by atoms with Crippen molar-refractivity contribution in [3.8, 4) is 0 Å². The monoisotopic (exact) mass is 571 g/mol. The van der Waals surface area contributed by atoms with Crippen LogP contribution in [0, 0.1) is 0 Å². The zero-order valence-corrected chi connectivity index (χ0v) is 24.3. The highest BCUT2D eigenvalue weighted by molar-refractivity contribution is 7.12. The van der Waals surface area contributed by atoms with Crippen LogP contribution in [0.3, 0.4) is 0 Å². The number of rotatable bonds is 13. The summed E-state index contributed by atoms with van der Waals surface area (Å²) in [7, 11) is 0. The highest BCUT2D eigenvalue weighted by Gasteiger charge is 2.25. The number of benzene rings is 1. The lowest BCUT2D eigenvalue weighted by atomic mass is 10.1. The molecule has 0 aliphatic rings. The number of thiophene rings is 2. The topological polar surface area (TPSA) is 99.2 Å². The molecule has 3 aromatic rings. The summed E-state index contributed by atoms with van der Waals surface area (Å²) in [5.74, 6) is -0.0886. The maximum absolute atomic E-state index is 13.4. The van der Waals surface area contributed by atoms with Crippen molar-refractivity contribution >= 4 is 40.8 Å². The third-order valence-electron chi connectivity index (χ3n) is 5.83. The molecule has 0 saturated carbocycles. The number of alkyl carbamates (subject to hydrolysis) is 1. The zero-order valence-electron chi connectivity index (χ0n) is 22.7. The predicted molar refractivity (Wildman–Crippen MR) is 155 cm³/mol. The van der Waals surface area contributed by atoms with Crippen molar-refractivity contribution in [1.82, 2.24) is 15.1 Å². The second-order valence-electron chi connectivity index (χ2n) is 10.3. The third kappa shape index (κ3) is 10.7. The molecule has 3 amide bonds. The fourth-order valence-corrected chi connectivity index (χ4v) is 5.47. The summed E-state index contributed by atoms with van der Waals surface area (Å²) < 4.78 is 5.50. The molecule has 0 fully saturated rings. The normalized spacial score (nSPS) is 12.0. The zero-order chi connectivity index (χ0) is 28.3. The maximum atomic E-state index is 13.4. The molecule has 210 valence electrons. The molecule has 2 N–H and O–H groups in total. The molecule has 0 radical (unpaired) electrons. The molecule has 8 nitrogen and oxygen atoms in total. The second kappa shape index (κ2) is 14.7. The molecular weight excluding hydrogens is 534 g/mol. The number of hydrogen-bond donors (Lipinski definition) is 2. The van der Waals surface area contributed by atoms with Gasteiger partial charge in [-0.05, 0) is 68.5 Å². The summed E-state index contributed by atoms with van der Waals surface area (Å²) in [5.41, 5.74) is 0.276. The maximum Gasteiger partial charge on any atom is 0.407 e. The highest BCUT2D eigenvalue weighted by Crippen LogP contribution is 2.19. The number of ether oxygens (including phenoxy) is 1. The van der Waals surface area contributed by atoms with Crippen LogP contribution >= 0.6 is 22.7 Å². The van der Waals surface area contributed by atoms with E-state index < -0.39 is 17.8 Å². The first-order valence-electron chi connectivity index (χ1n) is 13.0. The first-order chi connectivity index (χ1) is 18.6. The number of hydrogen-bond acceptors (Lipinski definition) is 6. The predicted octanol–water partition coefficient (Wildman–Crippen LogP) is 6.70. The van der Waals surface area contributed by atoms with Crippen LogP contribution in [-0.2, 0) is 17.8 Å². The molecule has 0 aliphatic heterocycles. The van der Waals surface area contributed by atoms with Gasteiger partial charge in [0.05, 0.1) is 11.4 Å². The van der Waals surface area contributed by atoms with E-state index >= 15 is 0 Å². The lowest BCUT2D eigenvalue weighted by Crippen LogP contribution is -2.47. The minimum Gasteiger partial charge on any atom is -0.465 e. The Bertz CT molecular complexity index is 1160. The SMILES string of the molecule is CC(C)(C)OC(=O)N[C@@H](CCCCN(Cc1ccccc1)C(=O)O)CN(Cc1cccs1)C(=O)c1cccs1. The fourth-order valence-electron chi connectivity index (χ4n) is 4.05. The number of amides is 3. The van der Waals surface area contributed by atoms with Gasteiger partial charge in [0, 0.05) is 30.6 Å². The Morgan fingerprint density at radius 3 is 2.26 bits per heavy atom. The van der Waals surface area contributed by atoms with Crippen LogP contribution in [0.15, 0.2) is 65.4 Å². The molecule has 3 rings (SSSR count). The van der Waals surface area contributed by atoms with Gasteiger partial charge in [-0.15, -0.1) is 22.7 Å². The Balaban J connectivity index is 1.67. The highest BCUT2D eigenvalue weighted by atomic mass is 32.1. The number of nitrogens with zero attached hydrogens (tertiary/aromatic N) is 2. The standard InChI is InChI=1S/C29H37N3O5S2/c1-29(2,3)37-27(34)30-23(13-7-8-16-31(28(35)36)19-22-11-5-4-6-12-22)20-32(21-24-14-9-17-38-24)26(33)25-15-10-18-39-25/h4-6,9-12,14-15,17-18,23H,7-8,13,16,19-21H2,1-3H3,(H,30,34)(H,35,36)/t23-/m0/s1. The van der Waals surface area contributed by atoms with E-state index in [-0.39, 0.29) is 11.9 Å². The molecule has 1 atom stereocenters. The van der Waals surface area contributed by atoms with E-state index in [9.17, 15) is 19.5 Å². The van der Waals surface area contributed by atoms with E-state index in [0.717, 1.165) is 10.4 Å². The van der Waals surface area contributed by atoms with Crippen molar-refractivity contribution < 1.29 is 24.2 Å². The Morgan fingerprint density at radius 1 is 0.923 bits per heavy atom. The Labute approximate surface area is 238 Å². The average molecular weight is 572 g/mol. The Hall–Kier alpha value is -3.37. The van der Waals surface area contributed by atoms with Crippen molar-refractivity contribution in [2.75, 3.05) is 13.1 Å². The van der Waals surface area contributed by atoms with Gasteiger partial charge in [0.2, 0.25) is 0 Å². The van der Waals surface area contributed by atoms with Crippen LogP contribution in [-0.4, -0.2) is 57.7 Å². The minimum absolute atomic E-state index is 0.0886.